The largest absolute Gasteiger partial charge is 0.340 e. The van der Waals surface area contributed by atoms with Crippen molar-refractivity contribution >= 4 is 28.1 Å². The quantitative estimate of drug-likeness (QED) is 0.530. The lowest BCUT2D eigenvalue weighted by Gasteiger charge is -2.39. The van der Waals surface area contributed by atoms with Crippen LogP contribution in [0.1, 0.15) is 38.5 Å². The molecule has 0 aromatic rings. The molecule has 1 N–H and O–H groups in total. The zero-order valence-corrected chi connectivity index (χ0v) is 19.6. The third-order valence-electron chi connectivity index (χ3n) is 7.21. The molecule has 12 heteroatoms. The summed E-state index contributed by atoms with van der Waals surface area (Å²) in [6.07, 6.45) is 4.28. The molecule has 32 heavy (non-hydrogen) atoms. The van der Waals surface area contributed by atoms with Crippen molar-refractivity contribution in [2.75, 3.05) is 66.0 Å². The van der Waals surface area contributed by atoms with Crippen molar-refractivity contribution in [1.29, 1.82) is 0 Å². The van der Waals surface area contributed by atoms with Crippen LogP contribution in [0.5, 0.6) is 0 Å². The summed E-state index contributed by atoms with van der Waals surface area (Å²) in [4.78, 5) is 42.8. The molecular weight excluding hydrogens is 436 g/mol. The van der Waals surface area contributed by atoms with E-state index in [1.807, 2.05) is 7.05 Å². The molecule has 0 aromatic carbocycles. The first kappa shape index (κ1) is 23.4. The minimum Gasteiger partial charge on any atom is -0.340 e. The summed E-state index contributed by atoms with van der Waals surface area (Å²) in [5.41, 5.74) is -0.776. The van der Waals surface area contributed by atoms with Gasteiger partial charge in [0.25, 0.3) is 16.1 Å². The Hall–Kier alpha value is -1.76. The SMILES string of the molecule is CN1CCN(S(=O)(=O)N2CCN(C(=O)CCN3C(=O)NC4(CCCCC4)C3=O)CC2)CC1. The average Bonchev–Trinajstić information content (AvgIpc) is 3.01. The molecule has 0 unspecified atom stereocenters. The van der Waals surface area contributed by atoms with Crippen LogP contribution in [0.4, 0.5) is 4.79 Å². The van der Waals surface area contributed by atoms with Crippen LogP contribution in [0.15, 0.2) is 0 Å². The number of urea groups is 1. The first-order chi connectivity index (χ1) is 15.2. The van der Waals surface area contributed by atoms with Crippen molar-refractivity contribution in [2.45, 2.75) is 44.1 Å². The molecule has 3 heterocycles. The van der Waals surface area contributed by atoms with Crippen molar-refractivity contribution in [3.8, 4) is 0 Å². The van der Waals surface area contributed by atoms with Crippen LogP contribution in [-0.4, -0.2) is 121 Å². The number of hydrogen-bond acceptors (Lipinski definition) is 6. The number of piperazine rings is 2. The molecule has 3 aliphatic heterocycles. The van der Waals surface area contributed by atoms with E-state index in [0.29, 0.717) is 52.1 Å². The maximum atomic E-state index is 12.9. The van der Waals surface area contributed by atoms with Crippen LogP contribution in [0.3, 0.4) is 0 Å². The molecule has 4 fully saturated rings. The van der Waals surface area contributed by atoms with Crippen LogP contribution in [-0.2, 0) is 19.8 Å². The van der Waals surface area contributed by atoms with Gasteiger partial charge in [0, 0.05) is 65.3 Å². The van der Waals surface area contributed by atoms with Crippen LogP contribution in [0, 0.1) is 0 Å². The maximum absolute atomic E-state index is 12.9. The summed E-state index contributed by atoms with van der Waals surface area (Å²) < 4.78 is 28.7. The van der Waals surface area contributed by atoms with Gasteiger partial charge < -0.3 is 15.1 Å². The van der Waals surface area contributed by atoms with Gasteiger partial charge in [-0.1, -0.05) is 19.3 Å². The van der Waals surface area contributed by atoms with Gasteiger partial charge in [0.2, 0.25) is 5.91 Å². The minimum absolute atomic E-state index is 0.0560. The highest BCUT2D eigenvalue weighted by Crippen LogP contribution is 2.33. The van der Waals surface area contributed by atoms with E-state index < -0.39 is 21.8 Å². The molecule has 0 atom stereocenters. The van der Waals surface area contributed by atoms with E-state index in [4.69, 9.17) is 0 Å². The molecule has 0 bridgehead atoms. The second-order valence-electron chi connectivity index (χ2n) is 9.27. The van der Waals surface area contributed by atoms with Gasteiger partial charge in [-0.05, 0) is 19.9 Å². The van der Waals surface area contributed by atoms with Crippen LogP contribution in [0.2, 0.25) is 0 Å². The zero-order chi connectivity index (χ0) is 22.9. The maximum Gasteiger partial charge on any atom is 0.325 e. The topological polar surface area (TPSA) is 114 Å². The van der Waals surface area contributed by atoms with Crippen molar-refractivity contribution in [3.05, 3.63) is 0 Å². The Balaban J connectivity index is 1.26. The first-order valence-corrected chi connectivity index (χ1v) is 13.0. The van der Waals surface area contributed by atoms with Gasteiger partial charge in [0.1, 0.15) is 5.54 Å². The van der Waals surface area contributed by atoms with E-state index in [2.05, 4.69) is 10.2 Å². The van der Waals surface area contributed by atoms with Gasteiger partial charge in [0.05, 0.1) is 0 Å². The smallest absolute Gasteiger partial charge is 0.325 e. The lowest BCUT2D eigenvalue weighted by molar-refractivity contribution is -0.135. The number of rotatable bonds is 5. The fourth-order valence-corrected chi connectivity index (χ4v) is 6.67. The normalized spacial score (nSPS) is 26.0. The highest BCUT2D eigenvalue weighted by molar-refractivity contribution is 7.86. The van der Waals surface area contributed by atoms with E-state index >= 15 is 0 Å². The van der Waals surface area contributed by atoms with E-state index in [1.54, 1.807) is 4.90 Å². The first-order valence-electron chi connectivity index (χ1n) is 11.6. The highest BCUT2D eigenvalue weighted by atomic mass is 32.2. The number of nitrogens with zero attached hydrogens (tertiary/aromatic N) is 5. The Morgan fingerprint density at radius 1 is 0.906 bits per heavy atom. The Bertz CT molecular complexity index is 843. The van der Waals surface area contributed by atoms with E-state index in [9.17, 15) is 22.8 Å². The van der Waals surface area contributed by atoms with Gasteiger partial charge >= 0.3 is 6.03 Å². The summed E-state index contributed by atoms with van der Waals surface area (Å²) in [7, 11) is -1.54. The number of carbonyl (C=O) groups is 3. The van der Waals surface area contributed by atoms with Crippen LogP contribution >= 0.6 is 0 Å². The number of hydrogen-bond donors (Lipinski definition) is 1. The fourth-order valence-electron chi connectivity index (χ4n) is 5.09. The molecule has 1 saturated carbocycles. The summed E-state index contributed by atoms with van der Waals surface area (Å²) in [6, 6.07) is -0.409. The molecule has 4 aliphatic rings. The fraction of sp³-hybridized carbons (Fsp3) is 0.850. The summed E-state index contributed by atoms with van der Waals surface area (Å²) in [5.74, 6) is -0.370. The standard InChI is InChI=1S/C20H34N6O5S/c1-22-9-13-24(14-10-22)32(30,31)25-15-11-23(12-16-25)17(27)5-8-26-18(28)20(21-19(26)29)6-3-2-4-7-20/h2-16H2,1H3,(H,21,29). The van der Waals surface area contributed by atoms with E-state index in [-0.39, 0.29) is 37.9 Å². The second-order valence-corrected chi connectivity index (χ2v) is 11.2. The van der Waals surface area contributed by atoms with Crippen LogP contribution in [0.25, 0.3) is 0 Å². The molecule has 4 rings (SSSR count). The molecular formula is C20H34N6O5S. The van der Waals surface area contributed by atoms with Crippen molar-refractivity contribution in [1.82, 2.24) is 28.6 Å². The summed E-state index contributed by atoms with van der Waals surface area (Å²) in [5, 5.41) is 2.86. The lowest BCUT2D eigenvalue weighted by Crippen LogP contribution is -2.57. The van der Waals surface area contributed by atoms with Crippen molar-refractivity contribution < 1.29 is 22.8 Å². The van der Waals surface area contributed by atoms with Gasteiger partial charge in [-0.15, -0.1) is 0 Å². The van der Waals surface area contributed by atoms with Crippen LogP contribution < -0.4 is 5.32 Å². The molecule has 0 aromatic heterocycles. The van der Waals surface area contributed by atoms with E-state index in [1.165, 1.54) is 13.5 Å². The lowest BCUT2D eigenvalue weighted by atomic mass is 9.82. The van der Waals surface area contributed by atoms with Gasteiger partial charge in [-0.2, -0.15) is 17.0 Å². The molecule has 4 amide bonds. The predicted octanol–water partition coefficient (Wildman–Crippen LogP) is -0.732. The van der Waals surface area contributed by atoms with Crippen molar-refractivity contribution in [3.63, 3.8) is 0 Å². The Labute approximate surface area is 189 Å². The third-order valence-corrected chi connectivity index (χ3v) is 9.24. The Morgan fingerprint density at radius 3 is 2.06 bits per heavy atom. The number of amides is 4. The molecule has 0 radical (unpaired) electrons. The number of imide groups is 1. The highest BCUT2D eigenvalue weighted by Gasteiger charge is 2.51. The summed E-state index contributed by atoms with van der Waals surface area (Å²) >= 11 is 0. The minimum atomic E-state index is -3.52. The van der Waals surface area contributed by atoms with Crippen molar-refractivity contribution in [2.24, 2.45) is 0 Å². The van der Waals surface area contributed by atoms with Gasteiger partial charge in [-0.25, -0.2) is 4.79 Å². The number of carbonyl (C=O) groups excluding carboxylic acids is 3. The molecule has 180 valence electrons. The molecule has 1 aliphatic carbocycles. The van der Waals surface area contributed by atoms with E-state index in [0.717, 1.165) is 19.3 Å². The molecule has 3 saturated heterocycles. The predicted molar refractivity (Wildman–Crippen MR) is 117 cm³/mol. The molecule has 1 spiro atoms. The average molecular weight is 471 g/mol. The zero-order valence-electron chi connectivity index (χ0n) is 18.8. The summed E-state index contributed by atoms with van der Waals surface area (Å²) in [6.45, 7) is 3.58. The molecule has 11 nitrogen and oxygen atoms in total. The number of likely N-dealkylation sites (N-methyl/N-ethyl adjacent to an activating group) is 1. The monoisotopic (exact) mass is 470 g/mol. The second kappa shape index (κ2) is 9.24. The van der Waals surface area contributed by atoms with Gasteiger partial charge in [-0.3, -0.25) is 14.5 Å². The number of nitrogens with one attached hydrogen (secondary N) is 1. The van der Waals surface area contributed by atoms with Gasteiger partial charge in [0.15, 0.2) is 0 Å². The Morgan fingerprint density at radius 2 is 1.47 bits per heavy atom. The third kappa shape index (κ3) is 4.50. The Kier molecular flexibility index (Phi) is 6.76.